The molecule has 7 aromatic carbocycles. The minimum Gasteiger partial charge on any atom is -0.452 e. The van der Waals surface area contributed by atoms with Crippen LogP contribution in [0.25, 0.3) is 98.0 Å². The Morgan fingerprint density at radius 3 is 2.06 bits per heavy atom. The molecule has 3 aromatic heterocycles. The van der Waals surface area contributed by atoms with Crippen molar-refractivity contribution in [2.45, 2.75) is 13.8 Å². The second-order valence-electron chi connectivity index (χ2n) is 13.4. The summed E-state index contributed by atoms with van der Waals surface area (Å²) >= 11 is 1.84. The van der Waals surface area contributed by atoms with E-state index < -0.39 is 0 Å². The van der Waals surface area contributed by atoms with Crippen LogP contribution >= 0.6 is 11.3 Å². The Morgan fingerprint density at radius 2 is 1.15 bits per heavy atom. The fraction of sp³-hybridized carbons (Fsp3) is 0.0417. The van der Waals surface area contributed by atoms with Crippen LogP contribution in [0.15, 0.2) is 162 Å². The second kappa shape index (κ2) is 12.2. The summed E-state index contributed by atoms with van der Waals surface area (Å²) in [5, 5.41) is 3.58. The van der Waals surface area contributed by atoms with Gasteiger partial charge >= 0.3 is 0 Å². The Morgan fingerprint density at radius 1 is 0.481 bits per heavy atom. The maximum Gasteiger partial charge on any atom is 0.180 e. The third-order valence-corrected chi connectivity index (χ3v) is 11.6. The number of aromatic nitrogens is 2. The van der Waals surface area contributed by atoms with Crippen molar-refractivity contribution in [3.63, 3.8) is 0 Å². The minimum absolute atomic E-state index is 0.702. The highest BCUT2D eigenvalue weighted by molar-refractivity contribution is 7.26. The van der Waals surface area contributed by atoms with Crippen LogP contribution in [-0.2, 0) is 0 Å². The molecule has 52 heavy (non-hydrogen) atoms. The van der Waals surface area contributed by atoms with Gasteiger partial charge in [-0.3, -0.25) is 0 Å². The van der Waals surface area contributed by atoms with Crippen molar-refractivity contribution in [3.05, 3.63) is 169 Å². The van der Waals surface area contributed by atoms with E-state index in [1.54, 1.807) is 6.33 Å². The zero-order chi connectivity index (χ0) is 34.8. The van der Waals surface area contributed by atoms with Crippen molar-refractivity contribution in [3.8, 4) is 55.8 Å². The number of hydrogen-bond acceptors (Lipinski definition) is 4. The van der Waals surface area contributed by atoms with Crippen molar-refractivity contribution in [2.75, 3.05) is 0 Å². The maximum absolute atomic E-state index is 6.48. The number of fused-ring (bicyclic) bond motifs is 6. The van der Waals surface area contributed by atoms with Gasteiger partial charge in [0.15, 0.2) is 5.58 Å². The molecule has 10 aromatic rings. The third-order valence-electron chi connectivity index (χ3n) is 10.4. The molecule has 4 heteroatoms. The summed E-state index contributed by atoms with van der Waals surface area (Å²) in [5.74, 6) is 0. The molecule has 0 saturated heterocycles. The molecular weight excluding hydrogens is 653 g/mol. The lowest BCUT2D eigenvalue weighted by molar-refractivity contribution is 0.667. The van der Waals surface area contributed by atoms with Crippen LogP contribution in [0.3, 0.4) is 0 Å². The molecule has 3 heterocycles. The van der Waals surface area contributed by atoms with Crippen LogP contribution in [0.2, 0.25) is 0 Å². The van der Waals surface area contributed by atoms with Gasteiger partial charge in [0.05, 0.1) is 0 Å². The van der Waals surface area contributed by atoms with Gasteiger partial charge in [-0.2, -0.15) is 0 Å². The standard InChI is InChI=1S/C48H32N2OS/c1-29-10-3-4-13-36(29)38-16-8-15-37(30(38)2)34-12-7-11-33(26-34)31-20-22-32(23-21-31)45-47-46(50-28-49-45)42-27-35(24-25-43(42)51-47)39-17-9-18-41-40-14-5-6-19-44(40)52-48(39)41/h3-28H,1-2H3. The molecule has 3 nitrogen and oxygen atoms in total. The first-order chi connectivity index (χ1) is 25.6. The number of aryl methyl sites for hydroxylation is 1. The van der Waals surface area contributed by atoms with Gasteiger partial charge < -0.3 is 4.42 Å². The molecule has 0 bridgehead atoms. The van der Waals surface area contributed by atoms with Crippen LogP contribution in [0.5, 0.6) is 0 Å². The van der Waals surface area contributed by atoms with Crippen molar-refractivity contribution in [2.24, 2.45) is 0 Å². The summed E-state index contributed by atoms with van der Waals surface area (Å²) in [6, 6.07) is 54.3. The number of rotatable bonds is 5. The van der Waals surface area contributed by atoms with Crippen LogP contribution in [-0.4, -0.2) is 9.97 Å². The number of furan rings is 1. The number of nitrogens with zero attached hydrogens (tertiary/aromatic N) is 2. The molecule has 0 N–H and O–H groups in total. The van der Waals surface area contributed by atoms with Crippen LogP contribution in [0, 0.1) is 13.8 Å². The molecule has 0 aliphatic heterocycles. The molecule has 0 radical (unpaired) electrons. The first kappa shape index (κ1) is 30.5. The first-order valence-electron chi connectivity index (χ1n) is 17.6. The average molecular weight is 685 g/mol. The fourth-order valence-electron chi connectivity index (χ4n) is 7.73. The largest absolute Gasteiger partial charge is 0.452 e. The van der Waals surface area contributed by atoms with E-state index in [0.29, 0.717) is 5.58 Å². The number of hydrogen-bond donors (Lipinski definition) is 0. The highest BCUT2D eigenvalue weighted by Crippen LogP contribution is 2.42. The summed E-state index contributed by atoms with van der Waals surface area (Å²) in [6.07, 6.45) is 1.65. The zero-order valence-electron chi connectivity index (χ0n) is 28.7. The molecule has 0 amide bonds. The van der Waals surface area contributed by atoms with Crippen molar-refractivity contribution >= 4 is 53.6 Å². The molecule has 0 aliphatic carbocycles. The van der Waals surface area contributed by atoms with Gasteiger partial charge in [0, 0.05) is 31.1 Å². The smallest absolute Gasteiger partial charge is 0.180 e. The Hall–Kier alpha value is -6.36. The average Bonchev–Trinajstić information content (AvgIpc) is 3.77. The molecular formula is C48H32N2OS. The second-order valence-corrected chi connectivity index (χ2v) is 14.5. The van der Waals surface area contributed by atoms with E-state index in [1.807, 2.05) is 11.3 Å². The van der Waals surface area contributed by atoms with Crippen molar-refractivity contribution < 1.29 is 4.42 Å². The summed E-state index contributed by atoms with van der Waals surface area (Å²) in [6.45, 7) is 4.41. The Labute approximate surface area is 305 Å². The normalized spacial score (nSPS) is 11.7. The molecule has 246 valence electrons. The van der Waals surface area contributed by atoms with Gasteiger partial charge in [0.25, 0.3) is 0 Å². The van der Waals surface area contributed by atoms with E-state index in [1.165, 1.54) is 64.7 Å². The molecule has 0 spiro atoms. The van der Waals surface area contributed by atoms with E-state index in [0.717, 1.165) is 38.9 Å². The highest BCUT2D eigenvalue weighted by Gasteiger charge is 2.18. The lowest BCUT2D eigenvalue weighted by Gasteiger charge is -2.14. The fourth-order valence-corrected chi connectivity index (χ4v) is 8.96. The zero-order valence-corrected chi connectivity index (χ0v) is 29.5. The monoisotopic (exact) mass is 684 g/mol. The van der Waals surface area contributed by atoms with E-state index >= 15 is 0 Å². The van der Waals surface area contributed by atoms with Gasteiger partial charge in [-0.15, -0.1) is 11.3 Å². The minimum atomic E-state index is 0.702. The van der Waals surface area contributed by atoms with E-state index in [4.69, 9.17) is 14.4 Å². The third kappa shape index (κ3) is 4.95. The topological polar surface area (TPSA) is 38.9 Å². The molecule has 10 rings (SSSR count). The summed E-state index contributed by atoms with van der Waals surface area (Å²) in [5.41, 5.74) is 16.4. The first-order valence-corrected chi connectivity index (χ1v) is 18.4. The quantitative estimate of drug-likeness (QED) is 0.181. The van der Waals surface area contributed by atoms with Crippen LogP contribution in [0.1, 0.15) is 11.1 Å². The van der Waals surface area contributed by atoms with Gasteiger partial charge in [-0.25, -0.2) is 9.97 Å². The molecule has 0 atom stereocenters. The van der Waals surface area contributed by atoms with Gasteiger partial charge in [0.1, 0.15) is 23.1 Å². The van der Waals surface area contributed by atoms with Gasteiger partial charge in [-0.1, -0.05) is 127 Å². The SMILES string of the molecule is Cc1ccccc1-c1cccc(-c2cccc(-c3ccc(-c4ncnc5c4oc4ccc(-c6cccc7c6sc6ccccc67)cc45)cc3)c2)c1C. The Kier molecular flexibility index (Phi) is 7.12. The van der Waals surface area contributed by atoms with Crippen LogP contribution in [0.4, 0.5) is 0 Å². The van der Waals surface area contributed by atoms with Crippen molar-refractivity contribution in [1.82, 2.24) is 9.97 Å². The molecule has 0 fully saturated rings. The van der Waals surface area contributed by atoms with E-state index in [-0.39, 0.29) is 0 Å². The van der Waals surface area contributed by atoms with Crippen molar-refractivity contribution in [1.29, 1.82) is 0 Å². The Balaban J connectivity index is 0.997. The predicted molar refractivity (Wildman–Crippen MR) is 219 cm³/mol. The number of benzene rings is 7. The molecule has 0 aliphatic rings. The highest BCUT2D eigenvalue weighted by atomic mass is 32.1. The van der Waals surface area contributed by atoms with E-state index in [9.17, 15) is 0 Å². The molecule has 0 unspecified atom stereocenters. The molecule has 0 saturated carbocycles. The predicted octanol–water partition coefficient (Wildman–Crippen LogP) is 13.7. The maximum atomic E-state index is 6.48. The van der Waals surface area contributed by atoms with Gasteiger partial charge in [-0.05, 0) is 93.7 Å². The lowest BCUT2D eigenvalue weighted by Crippen LogP contribution is -1.91. The summed E-state index contributed by atoms with van der Waals surface area (Å²) < 4.78 is 9.08. The lowest BCUT2D eigenvalue weighted by atomic mass is 9.90. The summed E-state index contributed by atoms with van der Waals surface area (Å²) in [7, 11) is 0. The Bertz CT molecular complexity index is 2990. The van der Waals surface area contributed by atoms with E-state index in [2.05, 4.69) is 166 Å². The number of thiophene rings is 1. The van der Waals surface area contributed by atoms with Gasteiger partial charge in [0.2, 0.25) is 0 Å². The van der Waals surface area contributed by atoms with Crippen LogP contribution < -0.4 is 0 Å². The summed E-state index contributed by atoms with van der Waals surface area (Å²) in [4.78, 5) is 9.45.